The minimum atomic E-state index is -0.236. The number of carbonyl (C=O) groups excluding carboxylic acids is 2. The number of rotatable bonds is 6. The summed E-state index contributed by atoms with van der Waals surface area (Å²) in [6, 6.07) is 1.81. The number of amides is 2. The molecular weight excluding hydrogens is 234 g/mol. The molecule has 2 amide bonds. The molecule has 1 saturated carbocycles. The fourth-order valence-electron chi connectivity index (χ4n) is 1.78. The first-order valence-corrected chi connectivity index (χ1v) is 6.20. The van der Waals surface area contributed by atoms with Gasteiger partial charge in [0.2, 0.25) is 11.8 Å². The number of anilines is 1. The van der Waals surface area contributed by atoms with Crippen molar-refractivity contribution >= 4 is 17.6 Å². The van der Waals surface area contributed by atoms with E-state index in [1.54, 1.807) is 11.0 Å². The van der Waals surface area contributed by atoms with Crippen molar-refractivity contribution in [2.45, 2.75) is 38.6 Å². The van der Waals surface area contributed by atoms with E-state index in [9.17, 15) is 9.59 Å². The average Bonchev–Trinajstić information content (AvgIpc) is 3.05. The molecule has 1 aromatic rings. The maximum absolute atomic E-state index is 11.9. The van der Waals surface area contributed by atoms with E-state index in [0.717, 1.165) is 19.3 Å². The Labute approximate surface area is 105 Å². The van der Waals surface area contributed by atoms with Gasteiger partial charge in [0, 0.05) is 18.5 Å². The van der Waals surface area contributed by atoms with Crippen molar-refractivity contribution in [2.75, 3.05) is 11.9 Å². The van der Waals surface area contributed by atoms with Crippen LogP contribution in [0, 0.1) is 0 Å². The van der Waals surface area contributed by atoms with Crippen LogP contribution in [0.2, 0.25) is 0 Å². The second-order valence-electron chi connectivity index (χ2n) is 4.44. The lowest BCUT2D eigenvalue weighted by Crippen LogP contribution is -2.39. The summed E-state index contributed by atoms with van der Waals surface area (Å²) < 4.78 is 4.62. The van der Waals surface area contributed by atoms with Crippen molar-refractivity contribution in [1.82, 2.24) is 10.1 Å². The van der Waals surface area contributed by atoms with Gasteiger partial charge in [-0.25, -0.2) is 0 Å². The van der Waals surface area contributed by atoms with Crippen LogP contribution in [0.15, 0.2) is 16.9 Å². The predicted molar refractivity (Wildman–Crippen MR) is 64.8 cm³/mol. The summed E-state index contributed by atoms with van der Waals surface area (Å²) in [5, 5.41) is 6.19. The van der Waals surface area contributed by atoms with Crippen LogP contribution in [-0.2, 0) is 9.59 Å². The summed E-state index contributed by atoms with van der Waals surface area (Å²) in [6.07, 6.45) is 4.66. The predicted octanol–water partition coefficient (Wildman–Crippen LogP) is 1.40. The van der Waals surface area contributed by atoms with Crippen LogP contribution >= 0.6 is 0 Å². The van der Waals surface area contributed by atoms with E-state index in [4.69, 9.17) is 0 Å². The largest absolute Gasteiger partial charge is 0.363 e. The molecule has 0 radical (unpaired) electrons. The molecule has 0 spiro atoms. The van der Waals surface area contributed by atoms with Crippen LogP contribution in [0.4, 0.5) is 5.82 Å². The van der Waals surface area contributed by atoms with Gasteiger partial charge in [-0.2, -0.15) is 0 Å². The van der Waals surface area contributed by atoms with Gasteiger partial charge in [-0.05, 0) is 19.3 Å². The fraction of sp³-hybridized carbons (Fsp3) is 0.583. The Morgan fingerprint density at radius 1 is 1.56 bits per heavy atom. The summed E-state index contributed by atoms with van der Waals surface area (Å²) in [5.41, 5.74) is 0. The highest BCUT2D eigenvalue weighted by Crippen LogP contribution is 2.27. The molecule has 0 unspecified atom stereocenters. The van der Waals surface area contributed by atoms with Gasteiger partial charge < -0.3 is 14.7 Å². The summed E-state index contributed by atoms with van der Waals surface area (Å²) in [7, 11) is 0. The minimum absolute atomic E-state index is 0.0512. The van der Waals surface area contributed by atoms with Crippen LogP contribution in [0.1, 0.15) is 32.6 Å². The zero-order valence-corrected chi connectivity index (χ0v) is 10.4. The number of aromatic nitrogens is 1. The van der Waals surface area contributed by atoms with Crippen LogP contribution < -0.4 is 5.32 Å². The van der Waals surface area contributed by atoms with E-state index in [0.29, 0.717) is 12.2 Å². The van der Waals surface area contributed by atoms with Crippen molar-refractivity contribution in [3.05, 3.63) is 12.3 Å². The zero-order valence-electron chi connectivity index (χ0n) is 10.4. The lowest BCUT2D eigenvalue weighted by Gasteiger charge is -2.21. The Kier molecular flexibility index (Phi) is 3.96. The van der Waals surface area contributed by atoms with Gasteiger partial charge in [-0.3, -0.25) is 9.59 Å². The Bertz CT molecular complexity index is 412. The fourth-order valence-corrected chi connectivity index (χ4v) is 1.78. The number of carbonyl (C=O) groups is 2. The Morgan fingerprint density at radius 2 is 2.33 bits per heavy atom. The van der Waals surface area contributed by atoms with Crippen molar-refractivity contribution in [3.8, 4) is 0 Å². The van der Waals surface area contributed by atoms with Gasteiger partial charge >= 0.3 is 0 Å². The minimum Gasteiger partial charge on any atom is -0.363 e. The molecule has 0 aromatic carbocycles. The second-order valence-corrected chi connectivity index (χ2v) is 4.44. The van der Waals surface area contributed by atoms with Crippen LogP contribution in [-0.4, -0.2) is 34.5 Å². The molecule has 1 N–H and O–H groups in total. The van der Waals surface area contributed by atoms with E-state index in [2.05, 4.69) is 15.0 Å². The van der Waals surface area contributed by atoms with E-state index in [1.165, 1.54) is 6.26 Å². The molecule has 0 saturated heterocycles. The van der Waals surface area contributed by atoms with Crippen LogP contribution in [0.25, 0.3) is 0 Å². The number of nitrogens with zero attached hydrogens (tertiary/aromatic N) is 2. The Morgan fingerprint density at radius 3 is 2.89 bits per heavy atom. The van der Waals surface area contributed by atoms with Gasteiger partial charge in [0.15, 0.2) is 5.82 Å². The van der Waals surface area contributed by atoms with Crippen LogP contribution in [0.3, 0.4) is 0 Å². The molecule has 1 heterocycles. The molecule has 18 heavy (non-hydrogen) atoms. The van der Waals surface area contributed by atoms with Gasteiger partial charge in [-0.1, -0.05) is 12.1 Å². The molecule has 0 aliphatic heterocycles. The normalized spacial score (nSPS) is 14.3. The van der Waals surface area contributed by atoms with Crippen molar-refractivity contribution in [1.29, 1.82) is 0 Å². The maximum Gasteiger partial charge on any atom is 0.245 e. The number of nitrogens with one attached hydrogen (secondary N) is 1. The Balaban J connectivity index is 1.88. The molecule has 1 aliphatic carbocycles. The first kappa shape index (κ1) is 12.6. The smallest absolute Gasteiger partial charge is 0.245 e. The van der Waals surface area contributed by atoms with E-state index < -0.39 is 0 Å². The highest BCUT2D eigenvalue weighted by Gasteiger charge is 2.33. The lowest BCUT2D eigenvalue weighted by molar-refractivity contribution is -0.135. The Hall–Kier alpha value is -1.85. The van der Waals surface area contributed by atoms with Crippen molar-refractivity contribution in [2.24, 2.45) is 0 Å². The third kappa shape index (κ3) is 3.32. The van der Waals surface area contributed by atoms with Crippen LogP contribution in [0.5, 0.6) is 0 Å². The molecular formula is C12H17N3O3. The van der Waals surface area contributed by atoms with Gasteiger partial charge in [0.1, 0.15) is 12.8 Å². The standard InChI is InChI=1S/C12H17N3O3/c1-2-3-12(17)15(9-4-5-9)8-11(16)13-10-6-7-18-14-10/h6-7,9H,2-5,8H2,1H3,(H,13,14,16). The second kappa shape index (κ2) is 5.66. The number of hydrogen-bond donors (Lipinski definition) is 1. The molecule has 1 aromatic heterocycles. The first-order valence-electron chi connectivity index (χ1n) is 6.20. The van der Waals surface area contributed by atoms with E-state index >= 15 is 0 Å². The third-order valence-corrected chi connectivity index (χ3v) is 2.79. The van der Waals surface area contributed by atoms with E-state index in [-0.39, 0.29) is 24.4 Å². The quantitative estimate of drug-likeness (QED) is 0.829. The summed E-state index contributed by atoms with van der Waals surface area (Å²) >= 11 is 0. The monoisotopic (exact) mass is 251 g/mol. The third-order valence-electron chi connectivity index (χ3n) is 2.79. The van der Waals surface area contributed by atoms with Crippen molar-refractivity contribution in [3.63, 3.8) is 0 Å². The summed E-state index contributed by atoms with van der Waals surface area (Å²) in [4.78, 5) is 25.3. The zero-order chi connectivity index (χ0) is 13.0. The van der Waals surface area contributed by atoms with Crippen molar-refractivity contribution < 1.29 is 14.1 Å². The summed E-state index contributed by atoms with van der Waals surface area (Å²) in [6.45, 7) is 2.05. The highest BCUT2D eigenvalue weighted by molar-refractivity contribution is 5.93. The molecule has 1 aliphatic rings. The first-order chi connectivity index (χ1) is 8.70. The molecule has 2 rings (SSSR count). The maximum atomic E-state index is 11.9. The lowest BCUT2D eigenvalue weighted by atomic mass is 10.3. The summed E-state index contributed by atoms with van der Waals surface area (Å²) in [5.74, 6) is 0.189. The molecule has 6 heteroatoms. The number of hydrogen-bond acceptors (Lipinski definition) is 4. The molecule has 0 bridgehead atoms. The van der Waals surface area contributed by atoms with E-state index in [1.807, 2.05) is 6.92 Å². The topological polar surface area (TPSA) is 75.4 Å². The molecule has 0 atom stereocenters. The van der Waals surface area contributed by atoms with Gasteiger partial charge in [0.25, 0.3) is 0 Å². The molecule has 6 nitrogen and oxygen atoms in total. The average molecular weight is 251 g/mol. The SMILES string of the molecule is CCCC(=O)N(CC(=O)Nc1ccon1)C1CC1. The molecule has 1 fully saturated rings. The highest BCUT2D eigenvalue weighted by atomic mass is 16.5. The molecule has 98 valence electrons. The van der Waals surface area contributed by atoms with Gasteiger partial charge in [0.05, 0.1) is 0 Å². The van der Waals surface area contributed by atoms with Gasteiger partial charge in [-0.15, -0.1) is 0 Å².